The second-order valence-corrected chi connectivity index (χ2v) is 40.9. The van der Waals surface area contributed by atoms with Crippen molar-refractivity contribution in [2.45, 2.75) is 319 Å². The maximum Gasteiger partial charge on any atom is 0.511 e. The van der Waals surface area contributed by atoms with Gasteiger partial charge in [-0.15, -0.1) is 0 Å². The highest BCUT2D eigenvalue weighted by atomic mass is 16.8. The number of hydrogen-bond donors (Lipinski definition) is 7. The summed E-state index contributed by atoms with van der Waals surface area (Å²) in [7, 11) is 9.23. The summed E-state index contributed by atoms with van der Waals surface area (Å²) < 4.78 is 39.0. The van der Waals surface area contributed by atoms with E-state index in [0.717, 1.165) is 30.1 Å². The number of amides is 11. The molecule has 5 aliphatic rings. The van der Waals surface area contributed by atoms with Crippen molar-refractivity contribution in [3.8, 4) is 0 Å². The summed E-state index contributed by atoms with van der Waals surface area (Å²) in [5.74, 6) is -17.7. The molecule has 0 bridgehead atoms. The van der Waals surface area contributed by atoms with Crippen LogP contribution in [0.25, 0.3) is 0 Å². The molecule has 1 saturated heterocycles. The van der Waals surface area contributed by atoms with Crippen LogP contribution in [0.5, 0.6) is 0 Å². The molecule has 20 atom stereocenters. The number of hydrogen-bond acceptors (Lipinski definition) is 27. The van der Waals surface area contributed by atoms with E-state index in [2.05, 4.69) is 21.3 Å². The number of carboxylic acid groups (broad SMARTS) is 1. The van der Waals surface area contributed by atoms with Crippen LogP contribution in [0.15, 0.2) is 36.0 Å². The SMILES string of the molecule is C/C=C/C[C@](C)(C(OC(=O)OC(CC=O)OC(=O)CCC(=O)OCCOCCOCCOC(=O)CCC(=O)O)C1C(=O)NC(CC)C(=O)N(C)CC(=O)N(C)[C@@H](CC(C)C)C(=O)NC(C(C)C)C(=O)N(C)C(CC(C)C)C(=O)NC(C)C(=O)NC(C)C(=O)N(C)C(CC(C)C)C(=O)N(C)C(CC(C)C)C(=O)N(C)C(C(C)C)C(=O)N1C)[C@@]1(O)CCC2C3CCC4=CC(=O)C=C[C@]4(C)C3[C@@H](O)C[C@@]21C. The molecule has 0 aromatic carbocycles. The first kappa shape index (κ1) is 118. The van der Waals surface area contributed by atoms with E-state index in [-0.39, 0.29) is 152 Å². The van der Waals surface area contributed by atoms with Crippen LogP contribution in [-0.4, -0.2) is 337 Å². The van der Waals surface area contributed by atoms with Crippen molar-refractivity contribution in [2.75, 3.05) is 95.5 Å². The number of ether oxygens (including phenoxy) is 7. The molecule has 0 aromatic heterocycles. The lowest BCUT2D eigenvalue weighted by Crippen LogP contribution is -2.71. The summed E-state index contributed by atoms with van der Waals surface area (Å²) in [4.78, 5) is 268. The third kappa shape index (κ3) is 30.1. The molecule has 11 amide bonds. The van der Waals surface area contributed by atoms with Gasteiger partial charge in [0.1, 0.15) is 86.0 Å². The van der Waals surface area contributed by atoms with E-state index in [4.69, 9.17) is 38.3 Å². The van der Waals surface area contributed by atoms with Gasteiger partial charge >= 0.3 is 30.0 Å². The zero-order valence-corrected chi connectivity index (χ0v) is 86.1. The predicted octanol–water partition coefficient (Wildman–Crippen LogP) is 6.03. The average Bonchev–Trinajstić information content (AvgIpc) is 1.52. The number of carbonyl (C=O) groups is 18. The van der Waals surface area contributed by atoms with Crippen LogP contribution >= 0.6 is 0 Å². The summed E-state index contributed by atoms with van der Waals surface area (Å²) in [5, 5.41) is 47.8. The summed E-state index contributed by atoms with van der Waals surface area (Å²) in [6.07, 6.45) is -1.70. The first-order chi connectivity index (χ1) is 64.4. The van der Waals surface area contributed by atoms with E-state index in [9.17, 15) is 58.2 Å². The average molecular weight is 1950 g/mol. The Labute approximate surface area is 813 Å². The van der Waals surface area contributed by atoms with Crippen LogP contribution in [0, 0.1) is 69.5 Å². The van der Waals surface area contributed by atoms with Gasteiger partial charge in [0.25, 0.3) is 6.29 Å². The van der Waals surface area contributed by atoms with E-state index in [1.54, 1.807) is 87.5 Å². The molecular formula is C99H159N11O28. The summed E-state index contributed by atoms with van der Waals surface area (Å²) in [6.45, 7) is 31.0. The molecule has 3 saturated carbocycles. The van der Waals surface area contributed by atoms with Crippen LogP contribution < -0.4 is 21.3 Å². The third-order valence-corrected chi connectivity index (χ3v) is 28.1. The van der Waals surface area contributed by atoms with E-state index >= 15 is 38.4 Å². The minimum atomic E-state index is -2.33. The fourth-order valence-corrected chi connectivity index (χ4v) is 20.5. The topological polar surface area (TPSA) is 503 Å². The first-order valence-corrected chi connectivity index (χ1v) is 48.6. The lowest BCUT2D eigenvalue weighted by Gasteiger charge is -2.63. The molecule has 7 N–H and O–H groups in total. The predicted molar refractivity (Wildman–Crippen MR) is 506 cm³/mol. The molecule has 5 rings (SSSR count). The molecule has 14 unspecified atom stereocenters. The smallest absolute Gasteiger partial charge is 0.481 e. The zero-order valence-electron chi connectivity index (χ0n) is 86.1. The van der Waals surface area contributed by atoms with Gasteiger partial charge in [0.05, 0.1) is 76.8 Å². The summed E-state index contributed by atoms with van der Waals surface area (Å²) in [6, 6.07) is -15.0. The standard InChI is InChI=1S/C99H159N11O28/c1-27-29-39-97(18,99(131)41-37-67-66-31-30-64-53-65(112)36-40-96(64,17)80(66)73(113)54-98(67,99)19)84(138-95(130)137-79(38-42-111)136-78(119)35-34-77(118)135-48-46-133-44-43-132-45-47-134-76(117)33-32-75(115)116)83-88(123)102-68(28-2)90(125)104(20)55-74(114)105(21)69(49-56(3)4)87(122)103-81(60(11)12)93(128)106(22)70(50-57(5)6)86(121)100-62(15)85(120)101-63(16)89(124)107(23)71(51-58(7)8)91(126)108(24)72(52-59(9)10)92(127)109(25)82(61(13)14)94(129)110(83)26/h27,29,36,40,42,53,56-63,66-73,79-84,113,131H,28,30-35,37-39,41,43-52,54-55H2,1-26H3,(H,100,121)(H,101,120)(H,102,123)(H,103,122)(H,115,116)/b29-27+/t62?,63?,66?,67?,68?,69-,70?,71?,72?,73-,79?,80?,81?,82?,83?,84?,96-,97+,98-,99-/m0/s1. The fourth-order valence-electron chi connectivity index (χ4n) is 20.5. The Morgan fingerprint density at radius 3 is 1.57 bits per heavy atom. The molecule has 1 aliphatic heterocycles. The molecule has 0 spiro atoms. The molecule has 778 valence electrons. The van der Waals surface area contributed by atoms with Crippen LogP contribution in [0.4, 0.5) is 4.79 Å². The first-order valence-electron chi connectivity index (χ1n) is 48.6. The van der Waals surface area contributed by atoms with Gasteiger partial charge in [-0.1, -0.05) is 135 Å². The second-order valence-electron chi connectivity index (χ2n) is 40.9. The van der Waals surface area contributed by atoms with Gasteiger partial charge in [-0.05, 0) is 151 Å². The number of nitrogens with zero attached hydrogens (tertiary/aromatic N) is 7. The Morgan fingerprint density at radius 2 is 1.05 bits per heavy atom. The normalized spacial score (nSPS) is 28.6. The Hall–Kier alpha value is -10.3. The van der Waals surface area contributed by atoms with Crippen molar-refractivity contribution >= 4 is 107 Å². The monoisotopic (exact) mass is 1950 g/mol. The Kier molecular flexibility index (Phi) is 45.2. The number of aliphatic carboxylic acids is 1. The number of aliphatic hydroxyl groups is 2. The molecule has 39 heteroatoms. The maximum absolute atomic E-state index is 17.0. The van der Waals surface area contributed by atoms with E-state index in [1.165, 1.54) is 92.9 Å². The minimum absolute atomic E-state index is 0.0152. The third-order valence-electron chi connectivity index (χ3n) is 28.1. The van der Waals surface area contributed by atoms with Crippen LogP contribution in [0.1, 0.15) is 234 Å². The van der Waals surface area contributed by atoms with E-state index in [1.807, 2.05) is 40.7 Å². The number of aliphatic hydroxyl groups excluding tert-OH is 1. The Balaban J connectivity index is 1.79. The number of ketones is 1. The molecule has 39 nitrogen and oxygen atoms in total. The Bertz CT molecular complexity index is 4380. The van der Waals surface area contributed by atoms with Crippen molar-refractivity contribution < 1.29 is 135 Å². The van der Waals surface area contributed by atoms with Gasteiger partial charge in [-0.25, -0.2) is 4.79 Å². The number of rotatable bonds is 36. The van der Waals surface area contributed by atoms with Gasteiger partial charge in [0.2, 0.25) is 65.0 Å². The fraction of sp³-hybridized carbons (Fsp3) is 0.758. The zero-order chi connectivity index (χ0) is 104. The largest absolute Gasteiger partial charge is 0.511 e. The summed E-state index contributed by atoms with van der Waals surface area (Å²) >= 11 is 0. The molecule has 138 heavy (non-hydrogen) atoms. The molecule has 4 aliphatic carbocycles. The minimum Gasteiger partial charge on any atom is -0.481 e. The molecular weight excluding hydrogens is 1790 g/mol. The van der Waals surface area contributed by atoms with Crippen LogP contribution in [-0.2, 0) is 115 Å². The lowest BCUT2D eigenvalue weighted by molar-refractivity contribution is -0.237. The highest BCUT2D eigenvalue weighted by Crippen LogP contribution is 2.71. The number of nitrogens with one attached hydrogen (secondary N) is 4. The molecule has 0 aromatic rings. The maximum atomic E-state index is 17.0. The van der Waals surface area contributed by atoms with Gasteiger partial charge in [0, 0.05) is 71.5 Å². The highest BCUT2D eigenvalue weighted by molar-refractivity contribution is 6.02. The highest BCUT2D eigenvalue weighted by Gasteiger charge is 2.73. The van der Waals surface area contributed by atoms with Crippen molar-refractivity contribution in [3.05, 3.63) is 36.0 Å². The van der Waals surface area contributed by atoms with Crippen molar-refractivity contribution in [1.82, 2.24) is 55.6 Å². The lowest BCUT2D eigenvalue weighted by atomic mass is 9.44. The van der Waals surface area contributed by atoms with E-state index in [0.29, 0.717) is 12.8 Å². The van der Waals surface area contributed by atoms with Gasteiger partial charge in [-0.2, -0.15) is 0 Å². The van der Waals surface area contributed by atoms with Crippen molar-refractivity contribution in [3.63, 3.8) is 0 Å². The number of likely N-dealkylation sites (N-methyl/N-ethyl adjacent to an activating group) is 7. The number of carbonyl (C=O) groups excluding carboxylic acids is 17. The van der Waals surface area contributed by atoms with Gasteiger partial charge in [-0.3, -0.25) is 76.7 Å². The van der Waals surface area contributed by atoms with Crippen LogP contribution in [0.2, 0.25) is 0 Å². The van der Waals surface area contributed by atoms with Gasteiger partial charge < -0.3 is 109 Å². The van der Waals surface area contributed by atoms with Crippen molar-refractivity contribution in [1.29, 1.82) is 0 Å². The molecule has 1 heterocycles. The number of carboxylic acids is 1. The molecule has 0 radical (unpaired) electrons. The van der Waals surface area contributed by atoms with Gasteiger partial charge in [0.15, 0.2) is 5.78 Å². The number of esters is 3. The van der Waals surface area contributed by atoms with Crippen LogP contribution in [0.3, 0.4) is 0 Å². The van der Waals surface area contributed by atoms with E-state index < -0.39 is 245 Å². The Morgan fingerprint density at radius 1 is 0.558 bits per heavy atom. The molecule has 4 fully saturated rings. The van der Waals surface area contributed by atoms with Crippen molar-refractivity contribution in [2.24, 2.45) is 69.5 Å². The number of allylic oxidation sites excluding steroid dienone is 6. The summed E-state index contributed by atoms with van der Waals surface area (Å²) in [5.41, 5.74) is -5.85. The number of aldehydes is 1. The second kappa shape index (κ2) is 52.8. The quantitative estimate of drug-likeness (QED) is 0.00939. The number of fused-ring (bicyclic) bond motifs is 5.